The molecule has 1 unspecified atom stereocenters. The van der Waals surface area contributed by atoms with E-state index in [1.807, 2.05) is 0 Å². The van der Waals surface area contributed by atoms with Crippen LogP contribution in [0.15, 0.2) is 0 Å². The molecule has 2 fully saturated rings. The minimum absolute atomic E-state index is 0.0476. The number of carbonyl (C=O) groups excluding carboxylic acids is 1. The van der Waals surface area contributed by atoms with Crippen LogP contribution in [0.25, 0.3) is 0 Å². The van der Waals surface area contributed by atoms with E-state index in [-0.39, 0.29) is 12.0 Å². The fraction of sp³-hybridized carbons (Fsp3) is 0.929. The van der Waals surface area contributed by atoms with E-state index in [0.29, 0.717) is 13.2 Å². The predicted octanol–water partition coefficient (Wildman–Crippen LogP) is 1.31. The van der Waals surface area contributed by atoms with E-state index >= 15 is 0 Å². The summed E-state index contributed by atoms with van der Waals surface area (Å²) < 4.78 is 5.42. The molecule has 1 heterocycles. The van der Waals surface area contributed by atoms with Crippen LogP contribution >= 0.6 is 0 Å². The molecule has 1 aliphatic carbocycles. The van der Waals surface area contributed by atoms with Gasteiger partial charge in [0.05, 0.1) is 6.61 Å². The van der Waals surface area contributed by atoms with Gasteiger partial charge in [0.2, 0.25) is 5.91 Å². The summed E-state index contributed by atoms with van der Waals surface area (Å²) in [5.41, 5.74) is 0. The predicted molar refractivity (Wildman–Crippen MR) is 71.4 cm³/mol. The molecule has 1 amide bonds. The van der Waals surface area contributed by atoms with Gasteiger partial charge in [-0.2, -0.15) is 0 Å². The van der Waals surface area contributed by atoms with Gasteiger partial charge in [0.1, 0.15) is 6.10 Å². The first-order chi connectivity index (χ1) is 8.75. The van der Waals surface area contributed by atoms with Gasteiger partial charge < -0.3 is 15.4 Å². The summed E-state index contributed by atoms with van der Waals surface area (Å²) in [6, 6.07) is 0. The minimum atomic E-state index is -0.287. The van der Waals surface area contributed by atoms with E-state index in [2.05, 4.69) is 17.6 Å². The molecular formula is C14H26N2O2. The molecular weight excluding hydrogens is 228 g/mol. The Hall–Kier alpha value is -0.610. The van der Waals surface area contributed by atoms with Crippen molar-refractivity contribution in [3.05, 3.63) is 0 Å². The van der Waals surface area contributed by atoms with E-state index in [1.54, 1.807) is 0 Å². The number of hydrogen-bond acceptors (Lipinski definition) is 3. The molecule has 0 radical (unpaired) electrons. The minimum Gasteiger partial charge on any atom is -0.366 e. The highest BCUT2D eigenvalue weighted by Crippen LogP contribution is 2.29. The number of carbonyl (C=O) groups is 1. The highest BCUT2D eigenvalue weighted by molar-refractivity contribution is 5.81. The molecule has 2 aliphatic rings. The smallest absolute Gasteiger partial charge is 0.250 e. The van der Waals surface area contributed by atoms with Crippen LogP contribution in [0.5, 0.6) is 0 Å². The van der Waals surface area contributed by atoms with Gasteiger partial charge in [0, 0.05) is 19.6 Å². The van der Waals surface area contributed by atoms with Crippen molar-refractivity contribution < 1.29 is 9.53 Å². The molecule has 0 aromatic rings. The zero-order chi connectivity index (χ0) is 12.8. The van der Waals surface area contributed by atoms with Crippen molar-refractivity contribution >= 4 is 5.91 Å². The third-order valence-electron chi connectivity index (χ3n) is 4.21. The third-order valence-corrected chi connectivity index (χ3v) is 4.21. The first kappa shape index (κ1) is 13.8. The van der Waals surface area contributed by atoms with Gasteiger partial charge >= 0.3 is 0 Å². The molecule has 0 aromatic carbocycles. The van der Waals surface area contributed by atoms with Crippen molar-refractivity contribution in [1.29, 1.82) is 0 Å². The molecule has 1 aliphatic heterocycles. The highest BCUT2D eigenvalue weighted by Gasteiger charge is 2.22. The number of nitrogens with one attached hydrogen (secondary N) is 2. The van der Waals surface area contributed by atoms with Crippen LogP contribution in [0, 0.1) is 11.8 Å². The van der Waals surface area contributed by atoms with Crippen molar-refractivity contribution in [2.45, 2.75) is 45.1 Å². The Bertz CT molecular complexity index is 257. The Morgan fingerprint density at radius 2 is 2.11 bits per heavy atom. The summed E-state index contributed by atoms with van der Waals surface area (Å²) in [5, 5.41) is 6.18. The molecule has 0 spiro atoms. The summed E-state index contributed by atoms with van der Waals surface area (Å²) in [5.74, 6) is 1.76. The van der Waals surface area contributed by atoms with Crippen molar-refractivity contribution in [1.82, 2.24) is 10.6 Å². The number of amides is 1. The maximum atomic E-state index is 11.8. The van der Waals surface area contributed by atoms with Crippen LogP contribution in [0.2, 0.25) is 0 Å². The van der Waals surface area contributed by atoms with Crippen LogP contribution in [-0.4, -0.2) is 38.3 Å². The quantitative estimate of drug-likeness (QED) is 0.795. The summed E-state index contributed by atoms with van der Waals surface area (Å²) in [4.78, 5) is 11.8. The van der Waals surface area contributed by atoms with Gasteiger partial charge in [-0.1, -0.05) is 32.6 Å². The lowest BCUT2D eigenvalue weighted by Gasteiger charge is -2.27. The average Bonchev–Trinajstić information content (AvgIpc) is 2.42. The van der Waals surface area contributed by atoms with Gasteiger partial charge in [-0.15, -0.1) is 0 Å². The standard InChI is InChI=1S/C14H26N2O2/c1-11-2-4-12(5-3-11)6-7-16-14(17)13-10-15-8-9-18-13/h11-13,15H,2-10H2,1H3,(H,16,17). The Morgan fingerprint density at radius 1 is 1.33 bits per heavy atom. The number of hydrogen-bond donors (Lipinski definition) is 2. The van der Waals surface area contributed by atoms with Crippen molar-refractivity contribution in [3.8, 4) is 0 Å². The van der Waals surface area contributed by atoms with E-state index < -0.39 is 0 Å². The molecule has 4 nitrogen and oxygen atoms in total. The Morgan fingerprint density at radius 3 is 2.78 bits per heavy atom. The second-order valence-electron chi connectivity index (χ2n) is 5.77. The molecule has 1 saturated carbocycles. The van der Waals surface area contributed by atoms with E-state index in [1.165, 1.54) is 25.7 Å². The molecule has 2 N–H and O–H groups in total. The fourth-order valence-electron chi connectivity index (χ4n) is 2.86. The SMILES string of the molecule is CC1CCC(CCNC(=O)C2CNCCO2)CC1. The van der Waals surface area contributed by atoms with Gasteiger partial charge in [0.15, 0.2) is 0 Å². The number of rotatable bonds is 4. The normalized spacial score (nSPS) is 33.1. The summed E-state index contributed by atoms with van der Waals surface area (Å²) in [7, 11) is 0. The highest BCUT2D eigenvalue weighted by atomic mass is 16.5. The van der Waals surface area contributed by atoms with Crippen LogP contribution in [0.3, 0.4) is 0 Å². The third kappa shape index (κ3) is 4.25. The maximum Gasteiger partial charge on any atom is 0.250 e. The monoisotopic (exact) mass is 254 g/mol. The molecule has 1 saturated heterocycles. The van der Waals surface area contributed by atoms with Crippen molar-refractivity contribution in [2.24, 2.45) is 11.8 Å². The van der Waals surface area contributed by atoms with Crippen molar-refractivity contribution in [3.63, 3.8) is 0 Å². The molecule has 1 atom stereocenters. The van der Waals surface area contributed by atoms with Gasteiger partial charge in [-0.05, 0) is 18.3 Å². The first-order valence-corrected chi connectivity index (χ1v) is 7.35. The number of ether oxygens (including phenoxy) is 1. The maximum absolute atomic E-state index is 11.8. The van der Waals surface area contributed by atoms with E-state index in [0.717, 1.165) is 31.3 Å². The van der Waals surface area contributed by atoms with Gasteiger partial charge in [-0.3, -0.25) is 4.79 Å². The number of morpholine rings is 1. The van der Waals surface area contributed by atoms with E-state index in [4.69, 9.17) is 4.74 Å². The topological polar surface area (TPSA) is 50.4 Å². The second kappa shape index (κ2) is 7.10. The molecule has 0 bridgehead atoms. The zero-order valence-electron chi connectivity index (χ0n) is 11.4. The second-order valence-corrected chi connectivity index (χ2v) is 5.77. The Labute approximate surface area is 110 Å². The fourth-order valence-corrected chi connectivity index (χ4v) is 2.86. The Balaban J connectivity index is 1.58. The summed E-state index contributed by atoms with van der Waals surface area (Å²) >= 11 is 0. The lowest BCUT2D eigenvalue weighted by Crippen LogP contribution is -2.48. The lowest BCUT2D eigenvalue weighted by atomic mass is 9.81. The summed E-state index contributed by atoms with van der Waals surface area (Å²) in [6.45, 7) is 5.28. The van der Waals surface area contributed by atoms with Crippen LogP contribution in [0.1, 0.15) is 39.0 Å². The van der Waals surface area contributed by atoms with Crippen LogP contribution in [-0.2, 0) is 9.53 Å². The van der Waals surface area contributed by atoms with Crippen LogP contribution < -0.4 is 10.6 Å². The molecule has 4 heteroatoms. The molecule has 2 rings (SSSR count). The van der Waals surface area contributed by atoms with Crippen molar-refractivity contribution in [2.75, 3.05) is 26.2 Å². The Kier molecular flexibility index (Phi) is 5.45. The average molecular weight is 254 g/mol. The van der Waals surface area contributed by atoms with E-state index in [9.17, 15) is 4.79 Å². The summed E-state index contributed by atoms with van der Waals surface area (Å²) in [6.07, 6.45) is 6.21. The first-order valence-electron chi connectivity index (χ1n) is 7.35. The lowest BCUT2D eigenvalue weighted by molar-refractivity contribution is -0.134. The molecule has 0 aromatic heterocycles. The zero-order valence-corrected chi connectivity index (χ0v) is 11.4. The van der Waals surface area contributed by atoms with Gasteiger partial charge in [-0.25, -0.2) is 0 Å². The molecule has 18 heavy (non-hydrogen) atoms. The molecule has 104 valence electrons. The largest absolute Gasteiger partial charge is 0.366 e. The van der Waals surface area contributed by atoms with Gasteiger partial charge in [0.25, 0.3) is 0 Å². The van der Waals surface area contributed by atoms with Crippen LogP contribution in [0.4, 0.5) is 0 Å².